The summed E-state index contributed by atoms with van der Waals surface area (Å²) in [5.74, 6) is -7.28. The molecule has 4 bridgehead atoms. The van der Waals surface area contributed by atoms with E-state index >= 15 is 0 Å². The standard InChI is InChI=1S/C17H18F6O8S/c18-16(19,20)15(17(21,22)23,7-32(27,28)29)31-11(24)6-30-13(26)14-3-8-1-9(4-14)12(25)10(2-8)5-14/h8-10H,1-7H2,(H,27,28,29)/p-1. The largest absolute Gasteiger partial charge is 0.748 e. The normalized spacial score (nSPS) is 30.3. The molecule has 0 spiro atoms. The molecular formula is C17H17F6O8S-. The van der Waals surface area contributed by atoms with E-state index in [1.165, 1.54) is 0 Å². The van der Waals surface area contributed by atoms with Gasteiger partial charge in [-0.05, 0) is 38.0 Å². The molecule has 0 N–H and O–H groups in total. The highest BCUT2D eigenvalue weighted by Crippen LogP contribution is 2.59. The van der Waals surface area contributed by atoms with Crippen molar-refractivity contribution in [3.8, 4) is 0 Å². The Labute approximate surface area is 177 Å². The quantitative estimate of drug-likeness (QED) is 0.311. The van der Waals surface area contributed by atoms with Crippen LogP contribution in [0.15, 0.2) is 0 Å². The van der Waals surface area contributed by atoms with E-state index in [1.807, 2.05) is 0 Å². The van der Waals surface area contributed by atoms with Gasteiger partial charge in [-0.1, -0.05) is 0 Å². The van der Waals surface area contributed by atoms with Crippen LogP contribution >= 0.6 is 0 Å². The minimum absolute atomic E-state index is 0.00254. The van der Waals surface area contributed by atoms with Crippen molar-refractivity contribution in [3.05, 3.63) is 0 Å². The lowest BCUT2D eigenvalue weighted by molar-refractivity contribution is -0.361. The predicted octanol–water partition coefficient (Wildman–Crippen LogP) is 1.88. The van der Waals surface area contributed by atoms with Crippen LogP contribution in [0.4, 0.5) is 26.3 Å². The molecule has 4 rings (SSSR count). The first-order valence-corrected chi connectivity index (χ1v) is 11.0. The first-order chi connectivity index (χ1) is 14.4. The number of esters is 2. The number of halogens is 6. The highest BCUT2D eigenvalue weighted by atomic mass is 32.2. The van der Waals surface area contributed by atoms with Crippen LogP contribution in [0.3, 0.4) is 0 Å². The molecule has 0 radical (unpaired) electrons. The summed E-state index contributed by atoms with van der Waals surface area (Å²) in [6.07, 6.45) is -11.3. The second kappa shape index (κ2) is 7.57. The fourth-order valence-corrected chi connectivity index (χ4v) is 6.10. The van der Waals surface area contributed by atoms with Crippen molar-refractivity contribution in [1.82, 2.24) is 0 Å². The van der Waals surface area contributed by atoms with Crippen LogP contribution < -0.4 is 0 Å². The first-order valence-electron chi connectivity index (χ1n) is 9.39. The molecule has 4 aliphatic carbocycles. The molecule has 4 fully saturated rings. The van der Waals surface area contributed by atoms with Crippen molar-refractivity contribution in [2.45, 2.75) is 50.1 Å². The van der Waals surface area contributed by atoms with E-state index in [1.54, 1.807) is 0 Å². The third kappa shape index (κ3) is 4.32. The van der Waals surface area contributed by atoms with Gasteiger partial charge in [0.1, 0.15) is 5.78 Å². The summed E-state index contributed by atoms with van der Waals surface area (Å²) in [5, 5.41) is 0. The van der Waals surface area contributed by atoms with Gasteiger partial charge in [0.15, 0.2) is 6.61 Å². The number of rotatable bonds is 6. The molecule has 0 heterocycles. The lowest BCUT2D eigenvalue weighted by Crippen LogP contribution is -2.63. The van der Waals surface area contributed by atoms with E-state index in [9.17, 15) is 53.7 Å². The number of carbonyl (C=O) groups excluding carboxylic acids is 3. The summed E-state index contributed by atoms with van der Waals surface area (Å²) in [6.45, 7) is -1.67. The highest BCUT2D eigenvalue weighted by Gasteiger charge is 2.75. The van der Waals surface area contributed by atoms with Gasteiger partial charge in [-0.2, -0.15) is 26.3 Å². The van der Waals surface area contributed by atoms with E-state index in [0.29, 0.717) is 19.3 Å². The number of alkyl halides is 6. The molecule has 182 valence electrons. The number of carbonyl (C=O) groups is 3. The lowest BCUT2D eigenvalue weighted by atomic mass is 9.49. The average Bonchev–Trinajstić information content (AvgIpc) is 2.59. The summed E-state index contributed by atoms with van der Waals surface area (Å²) in [5.41, 5.74) is -6.80. The lowest BCUT2D eigenvalue weighted by Gasteiger charge is -2.53. The fourth-order valence-electron chi connectivity index (χ4n) is 5.22. The second-order valence-electron chi connectivity index (χ2n) is 8.60. The van der Waals surface area contributed by atoms with Crippen molar-refractivity contribution >= 4 is 27.8 Å². The van der Waals surface area contributed by atoms with Gasteiger partial charge in [-0.15, -0.1) is 0 Å². The Hall–Kier alpha value is -1.90. The van der Waals surface area contributed by atoms with E-state index in [4.69, 9.17) is 0 Å². The molecule has 0 aliphatic heterocycles. The van der Waals surface area contributed by atoms with Gasteiger partial charge in [-0.25, -0.2) is 13.2 Å². The Morgan fingerprint density at radius 3 is 1.94 bits per heavy atom. The Kier molecular flexibility index (Phi) is 5.85. The molecule has 0 amide bonds. The molecule has 8 nitrogen and oxygen atoms in total. The van der Waals surface area contributed by atoms with Crippen LogP contribution in [0.5, 0.6) is 0 Å². The molecule has 15 heteroatoms. The topological polar surface area (TPSA) is 127 Å². The van der Waals surface area contributed by atoms with Crippen LogP contribution in [0.2, 0.25) is 0 Å². The van der Waals surface area contributed by atoms with Gasteiger partial charge in [-0.3, -0.25) is 9.59 Å². The molecule has 0 aromatic carbocycles. The maximum atomic E-state index is 13.2. The van der Waals surface area contributed by atoms with Crippen molar-refractivity contribution in [1.29, 1.82) is 0 Å². The van der Waals surface area contributed by atoms with Crippen LogP contribution in [-0.4, -0.2) is 61.0 Å². The number of hydrogen-bond acceptors (Lipinski definition) is 8. The van der Waals surface area contributed by atoms with Crippen molar-refractivity contribution < 1.29 is 63.2 Å². The zero-order chi connectivity index (χ0) is 24.3. The number of ketones is 1. The first kappa shape index (κ1) is 24.7. The molecular weight excluding hydrogens is 478 g/mol. The monoisotopic (exact) mass is 495 g/mol. The maximum absolute atomic E-state index is 13.2. The minimum atomic E-state index is -6.51. The van der Waals surface area contributed by atoms with Gasteiger partial charge in [0.25, 0.3) is 0 Å². The van der Waals surface area contributed by atoms with Crippen molar-refractivity contribution in [3.63, 3.8) is 0 Å². The summed E-state index contributed by atoms with van der Waals surface area (Å²) >= 11 is 0. The van der Waals surface area contributed by atoms with Gasteiger partial charge < -0.3 is 14.0 Å². The molecule has 0 aromatic heterocycles. The van der Waals surface area contributed by atoms with Gasteiger partial charge >= 0.3 is 29.9 Å². The summed E-state index contributed by atoms with van der Waals surface area (Å²) in [6, 6.07) is 0. The molecule has 2 atom stereocenters. The number of hydrogen-bond donors (Lipinski definition) is 0. The van der Waals surface area contributed by atoms with Gasteiger partial charge in [0.05, 0.1) is 21.3 Å². The van der Waals surface area contributed by atoms with Crippen molar-refractivity contribution in [2.24, 2.45) is 23.2 Å². The van der Waals surface area contributed by atoms with Crippen LogP contribution in [0.1, 0.15) is 32.1 Å². The predicted molar refractivity (Wildman–Crippen MR) is 87.5 cm³/mol. The number of ether oxygens (including phenoxy) is 2. The Morgan fingerprint density at radius 1 is 1.00 bits per heavy atom. The third-order valence-electron chi connectivity index (χ3n) is 6.33. The van der Waals surface area contributed by atoms with Gasteiger partial charge in [0.2, 0.25) is 0 Å². The summed E-state index contributed by atoms with van der Waals surface area (Å²) in [7, 11) is -6.17. The van der Waals surface area contributed by atoms with E-state index in [2.05, 4.69) is 9.47 Å². The summed E-state index contributed by atoms with van der Waals surface area (Å²) < 4.78 is 119. The Bertz CT molecular complexity index is 892. The van der Waals surface area contributed by atoms with Crippen LogP contribution in [-0.2, 0) is 34.0 Å². The molecule has 4 aliphatic rings. The van der Waals surface area contributed by atoms with E-state index in [-0.39, 0.29) is 24.5 Å². The Morgan fingerprint density at radius 2 is 1.50 bits per heavy atom. The smallest absolute Gasteiger partial charge is 0.438 e. The molecule has 32 heavy (non-hydrogen) atoms. The SMILES string of the molecule is O=C(COC(=O)C12CC3CC(C1)C(=O)C(C3)C2)OC(CS(=O)(=O)[O-])(C(F)(F)F)C(F)(F)F. The molecule has 4 saturated carbocycles. The van der Waals surface area contributed by atoms with E-state index < -0.39 is 69.6 Å². The summed E-state index contributed by atoms with van der Waals surface area (Å²) in [4.78, 5) is 36.5. The zero-order valence-electron chi connectivity index (χ0n) is 16.1. The fraction of sp³-hybridized carbons (Fsp3) is 0.824. The van der Waals surface area contributed by atoms with Gasteiger partial charge in [0, 0.05) is 11.8 Å². The van der Waals surface area contributed by atoms with E-state index in [0.717, 1.165) is 0 Å². The minimum Gasteiger partial charge on any atom is -0.748 e. The van der Waals surface area contributed by atoms with Crippen LogP contribution in [0.25, 0.3) is 0 Å². The zero-order valence-corrected chi connectivity index (χ0v) is 16.9. The number of Topliss-reactive ketones (excluding diaryl/α,β-unsaturated/α-hetero) is 1. The Balaban J connectivity index is 1.73. The average molecular weight is 495 g/mol. The van der Waals surface area contributed by atoms with Crippen molar-refractivity contribution in [2.75, 3.05) is 12.4 Å². The third-order valence-corrected chi connectivity index (χ3v) is 7.09. The highest BCUT2D eigenvalue weighted by molar-refractivity contribution is 7.85. The molecule has 0 aromatic rings. The van der Waals surface area contributed by atoms with Crippen LogP contribution in [0, 0.1) is 23.2 Å². The molecule has 0 saturated heterocycles. The second-order valence-corrected chi connectivity index (χ2v) is 10.0. The maximum Gasteiger partial charge on any atom is 0.438 e. The molecule has 2 unspecified atom stereocenters.